The Balaban J connectivity index is 1.60. The van der Waals surface area contributed by atoms with Gasteiger partial charge in [-0.15, -0.1) is 0 Å². The lowest BCUT2D eigenvalue weighted by Gasteiger charge is -2.22. The van der Waals surface area contributed by atoms with Gasteiger partial charge in [0.25, 0.3) is 11.8 Å². The van der Waals surface area contributed by atoms with E-state index in [2.05, 4.69) is 15.5 Å². The molecule has 5 heteroatoms. The maximum atomic E-state index is 12.8. The first-order valence-electron chi connectivity index (χ1n) is 9.68. The van der Waals surface area contributed by atoms with Gasteiger partial charge in [0.05, 0.1) is 5.56 Å². The molecule has 0 bridgehead atoms. The molecule has 2 N–H and O–H groups in total. The van der Waals surface area contributed by atoms with Gasteiger partial charge < -0.3 is 15.5 Å². The molecule has 27 heavy (non-hydrogen) atoms. The smallest absolute Gasteiger partial charge is 0.255 e. The van der Waals surface area contributed by atoms with E-state index < -0.39 is 0 Å². The fourth-order valence-corrected chi connectivity index (χ4v) is 3.55. The van der Waals surface area contributed by atoms with Crippen LogP contribution in [0.2, 0.25) is 0 Å². The standard InChI is InChI=1S/C22H25N3O2/c1-15-6-2-3-7-18(15)21(26)24-17-10-11-20(25-12-4-5-13-25)19(14-17)22(27)23-16-8-9-16/h2-3,6-7,10-11,14,16H,4-5,8-9,12-13H2,1H3,(H,23,27)(H,24,26). The molecular formula is C22H25N3O2. The molecule has 4 rings (SSSR count). The SMILES string of the molecule is Cc1ccccc1C(=O)Nc1ccc(N2CCCC2)c(C(=O)NC2CC2)c1. The van der Waals surface area contributed by atoms with Gasteiger partial charge in [-0.05, 0) is 62.4 Å². The molecule has 2 fully saturated rings. The van der Waals surface area contributed by atoms with Crippen LogP contribution in [0.3, 0.4) is 0 Å². The Labute approximate surface area is 159 Å². The van der Waals surface area contributed by atoms with E-state index >= 15 is 0 Å². The number of anilines is 2. The Morgan fingerprint density at radius 2 is 1.70 bits per heavy atom. The molecule has 1 saturated heterocycles. The van der Waals surface area contributed by atoms with Crippen molar-refractivity contribution in [1.82, 2.24) is 5.32 Å². The first-order chi connectivity index (χ1) is 13.1. The summed E-state index contributed by atoms with van der Waals surface area (Å²) in [5.74, 6) is -0.207. The highest BCUT2D eigenvalue weighted by atomic mass is 16.2. The van der Waals surface area contributed by atoms with Crippen molar-refractivity contribution in [3.8, 4) is 0 Å². The molecule has 1 heterocycles. The van der Waals surface area contributed by atoms with Crippen molar-refractivity contribution in [2.75, 3.05) is 23.3 Å². The van der Waals surface area contributed by atoms with Crippen LogP contribution >= 0.6 is 0 Å². The number of nitrogens with zero attached hydrogens (tertiary/aromatic N) is 1. The minimum atomic E-state index is -0.157. The summed E-state index contributed by atoms with van der Waals surface area (Å²) in [4.78, 5) is 27.7. The zero-order chi connectivity index (χ0) is 18.8. The third-order valence-electron chi connectivity index (χ3n) is 5.25. The van der Waals surface area contributed by atoms with Crippen molar-refractivity contribution in [2.45, 2.75) is 38.6 Å². The van der Waals surface area contributed by atoms with E-state index in [1.165, 1.54) is 0 Å². The Kier molecular flexibility index (Phi) is 4.84. The molecule has 0 unspecified atom stereocenters. The van der Waals surface area contributed by atoms with Gasteiger partial charge in [-0.25, -0.2) is 0 Å². The lowest BCUT2D eigenvalue weighted by atomic mass is 10.1. The molecule has 2 aromatic carbocycles. The van der Waals surface area contributed by atoms with Gasteiger partial charge in [0.1, 0.15) is 0 Å². The van der Waals surface area contributed by atoms with Crippen LogP contribution in [-0.4, -0.2) is 30.9 Å². The summed E-state index contributed by atoms with van der Waals surface area (Å²) >= 11 is 0. The molecule has 1 aliphatic carbocycles. The number of carbonyl (C=O) groups excluding carboxylic acids is 2. The summed E-state index contributed by atoms with van der Waals surface area (Å²) in [5, 5.41) is 6.02. The summed E-state index contributed by atoms with van der Waals surface area (Å²) in [7, 11) is 0. The van der Waals surface area contributed by atoms with Crippen molar-refractivity contribution < 1.29 is 9.59 Å². The topological polar surface area (TPSA) is 61.4 Å². The predicted octanol–water partition coefficient (Wildman–Crippen LogP) is 3.74. The quantitative estimate of drug-likeness (QED) is 0.851. The van der Waals surface area contributed by atoms with E-state index in [9.17, 15) is 9.59 Å². The van der Waals surface area contributed by atoms with Gasteiger partial charge >= 0.3 is 0 Å². The van der Waals surface area contributed by atoms with Crippen molar-refractivity contribution in [1.29, 1.82) is 0 Å². The first kappa shape index (κ1) is 17.6. The Morgan fingerprint density at radius 1 is 0.963 bits per heavy atom. The van der Waals surface area contributed by atoms with Crippen molar-refractivity contribution >= 4 is 23.2 Å². The first-order valence-corrected chi connectivity index (χ1v) is 9.68. The van der Waals surface area contributed by atoms with Gasteiger partial charge in [0.2, 0.25) is 0 Å². The van der Waals surface area contributed by atoms with Crippen LogP contribution in [0.1, 0.15) is 52.0 Å². The average molecular weight is 363 g/mol. The molecule has 5 nitrogen and oxygen atoms in total. The zero-order valence-corrected chi connectivity index (χ0v) is 15.6. The molecule has 1 aliphatic heterocycles. The Hall–Kier alpha value is -2.82. The molecule has 0 aromatic heterocycles. The number of nitrogens with one attached hydrogen (secondary N) is 2. The molecule has 0 spiro atoms. The molecular weight excluding hydrogens is 338 g/mol. The fourth-order valence-electron chi connectivity index (χ4n) is 3.55. The van der Waals surface area contributed by atoms with Gasteiger partial charge in [-0.2, -0.15) is 0 Å². The van der Waals surface area contributed by atoms with Crippen molar-refractivity contribution in [2.24, 2.45) is 0 Å². The summed E-state index contributed by atoms with van der Waals surface area (Å²) in [5.41, 5.74) is 3.82. The second kappa shape index (κ2) is 7.43. The van der Waals surface area contributed by atoms with Crippen LogP contribution in [0.5, 0.6) is 0 Å². The van der Waals surface area contributed by atoms with Crippen LogP contribution < -0.4 is 15.5 Å². The average Bonchev–Trinajstić information content (AvgIpc) is 3.31. The largest absolute Gasteiger partial charge is 0.371 e. The molecule has 2 amide bonds. The van der Waals surface area contributed by atoms with E-state index in [-0.39, 0.29) is 11.8 Å². The molecule has 0 radical (unpaired) electrons. The van der Waals surface area contributed by atoms with Crippen molar-refractivity contribution in [3.63, 3.8) is 0 Å². The van der Waals surface area contributed by atoms with Crippen LogP contribution in [0, 0.1) is 6.92 Å². The number of rotatable bonds is 5. The normalized spacial score (nSPS) is 16.3. The van der Waals surface area contributed by atoms with Crippen LogP contribution in [0.15, 0.2) is 42.5 Å². The number of amides is 2. The third kappa shape index (κ3) is 3.97. The number of aryl methyl sites for hydroxylation is 1. The van der Waals surface area contributed by atoms with E-state index in [0.717, 1.165) is 50.0 Å². The zero-order valence-electron chi connectivity index (χ0n) is 15.6. The van der Waals surface area contributed by atoms with Crippen LogP contribution in [0.25, 0.3) is 0 Å². The fraction of sp³-hybridized carbons (Fsp3) is 0.364. The van der Waals surface area contributed by atoms with Gasteiger partial charge in [-0.3, -0.25) is 9.59 Å². The second-order valence-corrected chi connectivity index (χ2v) is 7.44. The highest BCUT2D eigenvalue weighted by Gasteiger charge is 2.27. The maximum absolute atomic E-state index is 12.8. The second-order valence-electron chi connectivity index (χ2n) is 7.44. The summed E-state index contributed by atoms with van der Waals surface area (Å²) in [6.45, 7) is 3.86. The number of hydrogen-bond donors (Lipinski definition) is 2. The number of hydrogen-bond acceptors (Lipinski definition) is 3. The van der Waals surface area contributed by atoms with Gasteiger partial charge in [-0.1, -0.05) is 18.2 Å². The highest BCUT2D eigenvalue weighted by molar-refractivity contribution is 6.07. The van der Waals surface area contributed by atoms with Crippen LogP contribution in [0.4, 0.5) is 11.4 Å². The Morgan fingerprint density at radius 3 is 2.41 bits per heavy atom. The maximum Gasteiger partial charge on any atom is 0.255 e. The molecule has 140 valence electrons. The molecule has 0 atom stereocenters. The molecule has 2 aliphatic rings. The monoisotopic (exact) mass is 363 g/mol. The lowest BCUT2D eigenvalue weighted by molar-refractivity contribution is 0.0950. The van der Waals surface area contributed by atoms with E-state index in [0.29, 0.717) is 22.9 Å². The Bertz CT molecular complexity index is 868. The molecule has 1 saturated carbocycles. The lowest BCUT2D eigenvalue weighted by Crippen LogP contribution is -2.29. The van der Waals surface area contributed by atoms with Gasteiger partial charge in [0, 0.05) is 36.1 Å². The minimum absolute atomic E-state index is 0.0496. The summed E-state index contributed by atoms with van der Waals surface area (Å²) in [6.07, 6.45) is 4.40. The van der Waals surface area contributed by atoms with E-state index in [1.54, 1.807) is 0 Å². The predicted molar refractivity (Wildman–Crippen MR) is 108 cm³/mol. The van der Waals surface area contributed by atoms with E-state index in [4.69, 9.17) is 0 Å². The minimum Gasteiger partial charge on any atom is -0.371 e. The van der Waals surface area contributed by atoms with Gasteiger partial charge in [0.15, 0.2) is 0 Å². The number of benzene rings is 2. The number of carbonyl (C=O) groups is 2. The molecule has 2 aromatic rings. The van der Waals surface area contributed by atoms with Crippen molar-refractivity contribution in [3.05, 3.63) is 59.2 Å². The summed E-state index contributed by atoms with van der Waals surface area (Å²) in [6, 6.07) is 13.4. The van der Waals surface area contributed by atoms with E-state index in [1.807, 2.05) is 49.4 Å². The summed E-state index contributed by atoms with van der Waals surface area (Å²) < 4.78 is 0. The third-order valence-corrected chi connectivity index (χ3v) is 5.25. The highest BCUT2D eigenvalue weighted by Crippen LogP contribution is 2.29. The van der Waals surface area contributed by atoms with Crippen LogP contribution in [-0.2, 0) is 0 Å².